The molecule has 3 heteroatoms. The van der Waals surface area contributed by atoms with E-state index in [1.807, 2.05) is 12.1 Å². The van der Waals surface area contributed by atoms with Gasteiger partial charge in [-0.15, -0.1) is 0 Å². The zero-order chi connectivity index (χ0) is 13.7. The Morgan fingerprint density at radius 1 is 1.05 bits per heavy atom. The third-order valence-corrected chi connectivity index (χ3v) is 3.57. The summed E-state index contributed by atoms with van der Waals surface area (Å²) >= 11 is 1.65. The topological polar surface area (TPSA) is 26.3 Å². The van der Waals surface area contributed by atoms with E-state index in [0.717, 1.165) is 5.75 Å². The van der Waals surface area contributed by atoms with Gasteiger partial charge in [0.2, 0.25) is 0 Å². The van der Waals surface area contributed by atoms with E-state index in [4.69, 9.17) is 4.74 Å². The van der Waals surface area contributed by atoms with Crippen LogP contribution in [0.4, 0.5) is 0 Å². The van der Waals surface area contributed by atoms with Crippen molar-refractivity contribution in [3.63, 3.8) is 0 Å². The first kappa shape index (κ1) is 13.7. The number of carbonyl (C=O) groups is 1. The highest BCUT2D eigenvalue weighted by Gasteiger charge is 2.00. The molecular weight excluding hydrogens is 256 g/mol. The molecule has 0 heterocycles. The van der Waals surface area contributed by atoms with Crippen molar-refractivity contribution >= 4 is 17.5 Å². The lowest BCUT2D eigenvalue weighted by atomic mass is 10.1. The maximum atomic E-state index is 11.1. The lowest BCUT2D eigenvalue weighted by Gasteiger charge is -2.06. The predicted molar refractivity (Wildman–Crippen MR) is 79.0 cm³/mol. The van der Waals surface area contributed by atoms with Crippen LogP contribution in [0.2, 0.25) is 0 Å². The largest absolute Gasteiger partial charge is 0.483 e. The first-order valence-corrected chi connectivity index (χ1v) is 7.07. The molecule has 98 valence electrons. The Hall–Kier alpha value is -1.74. The number of ketones is 1. The van der Waals surface area contributed by atoms with Crippen molar-refractivity contribution in [2.75, 3.05) is 5.94 Å². The van der Waals surface area contributed by atoms with Crippen LogP contribution in [0.1, 0.15) is 22.8 Å². The van der Waals surface area contributed by atoms with Crippen LogP contribution in [0, 0.1) is 6.92 Å². The Labute approximate surface area is 117 Å². The molecule has 0 aliphatic rings. The summed E-state index contributed by atoms with van der Waals surface area (Å²) in [5, 5.41) is 0. The summed E-state index contributed by atoms with van der Waals surface area (Å²) in [4.78, 5) is 12.3. The number of thioether (sulfide) groups is 1. The summed E-state index contributed by atoms with van der Waals surface area (Å²) in [6.45, 7) is 3.63. The highest BCUT2D eigenvalue weighted by molar-refractivity contribution is 7.99. The quantitative estimate of drug-likeness (QED) is 0.460. The molecule has 0 aromatic heterocycles. The number of hydrogen-bond acceptors (Lipinski definition) is 3. The molecule has 0 unspecified atom stereocenters. The maximum Gasteiger partial charge on any atom is 0.159 e. The van der Waals surface area contributed by atoms with Gasteiger partial charge in [0.1, 0.15) is 11.7 Å². The Bertz CT molecular complexity index is 544. The molecule has 2 aromatic carbocycles. The van der Waals surface area contributed by atoms with Gasteiger partial charge in [0.15, 0.2) is 5.78 Å². The van der Waals surface area contributed by atoms with Gasteiger partial charge in [0.05, 0.1) is 0 Å². The van der Waals surface area contributed by atoms with Crippen LogP contribution in [0.15, 0.2) is 53.4 Å². The summed E-state index contributed by atoms with van der Waals surface area (Å²) in [5.41, 5.74) is 1.96. The van der Waals surface area contributed by atoms with Crippen LogP contribution >= 0.6 is 11.8 Å². The first-order valence-electron chi connectivity index (χ1n) is 6.08. The van der Waals surface area contributed by atoms with E-state index in [1.165, 1.54) is 10.5 Å². The predicted octanol–water partition coefficient (Wildman–Crippen LogP) is 4.33. The van der Waals surface area contributed by atoms with Crippen LogP contribution in [0.25, 0.3) is 0 Å². The lowest BCUT2D eigenvalue weighted by Crippen LogP contribution is -1.95. The van der Waals surface area contributed by atoms with Crippen LogP contribution in [-0.2, 0) is 0 Å². The van der Waals surface area contributed by atoms with Gasteiger partial charge in [-0.2, -0.15) is 0 Å². The molecule has 0 amide bonds. The van der Waals surface area contributed by atoms with Crippen molar-refractivity contribution in [1.82, 2.24) is 0 Å². The van der Waals surface area contributed by atoms with Gasteiger partial charge in [-0.25, -0.2) is 0 Å². The zero-order valence-corrected chi connectivity index (χ0v) is 11.9. The molecule has 0 bridgehead atoms. The molecule has 0 aliphatic carbocycles. The van der Waals surface area contributed by atoms with Gasteiger partial charge < -0.3 is 4.74 Å². The molecule has 2 aromatic rings. The molecule has 19 heavy (non-hydrogen) atoms. The average Bonchev–Trinajstić information content (AvgIpc) is 2.41. The minimum Gasteiger partial charge on any atom is -0.483 e. The molecular formula is C16H16O2S. The molecule has 0 atom stereocenters. The zero-order valence-electron chi connectivity index (χ0n) is 11.1. The minimum atomic E-state index is 0.0700. The minimum absolute atomic E-state index is 0.0700. The van der Waals surface area contributed by atoms with Crippen molar-refractivity contribution < 1.29 is 9.53 Å². The molecule has 2 rings (SSSR count). The molecule has 2 nitrogen and oxygen atoms in total. The Morgan fingerprint density at radius 2 is 1.68 bits per heavy atom. The van der Waals surface area contributed by atoms with Crippen LogP contribution < -0.4 is 4.74 Å². The number of rotatable bonds is 5. The summed E-state index contributed by atoms with van der Waals surface area (Å²) in [7, 11) is 0. The highest BCUT2D eigenvalue weighted by atomic mass is 32.2. The standard InChI is InChI=1S/C16H16O2S/c1-12-3-9-16(10-4-12)19-11-18-15-7-5-14(6-8-15)13(2)17/h3-10H,11H2,1-2H3. The number of aryl methyl sites for hydroxylation is 1. The van der Waals surface area contributed by atoms with Gasteiger partial charge >= 0.3 is 0 Å². The number of Topliss-reactive ketones (excluding diaryl/α,β-unsaturated/α-hetero) is 1. The Kier molecular flexibility index (Phi) is 4.63. The summed E-state index contributed by atoms with van der Waals surface area (Å²) < 4.78 is 5.63. The van der Waals surface area contributed by atoms with Crippen molar-refractivity contribution in [3.05, 3.63) is 59.7 Å². The van der Waals surface area contributed by atoms with Crippen molar-refractivity contribution in [3.8, 4) is 5.75 Å². The summed E-state index contributed by atoms with van der Waals surface area (Å²) in [5.74, 6) is 1.41. The van der Waals surface area contributed by atoms with Gasteiger partial charge in [0.25, 0.3) is 0 Å². The van der Waals surface area contributed by atoms with E-state index >= 15 is 0 Å². The lowest BCUT2D eigenvalue weighted by molar-refractivity contribution is 0.101. The summed E-state index contributed by atoms with van der Waals surface area (Å²) in [6.07, 6.45) is 0. The molecule has 0 radical (unpaired) electrons. The molecule has 0 aliphatic heterocycles. The third-order valence-electron chi connectivity index (χ3n) is 2.73. The number of benzene rings is 2. The summed E-state index contributed by atoms with van der Waals surface area (Å²) in [6, 6.07) is 15.6. The molecule has 0 saturated carbocycles. The smallest absolute Gasteiger partial charge is 0.159 e. The van der Waals surface area contributed by atoms with E-state index < -0.39 is 0 Å². The number of hydrogen-bond donors (Lipinski definition) is 0. The van der Waals surface area contributed by atoms with Gasteiger partial charge in [-0.3, -0.25) is 4.79 Å². The van der Waals surface area contributed by atoms with Crippen molar-refractivity contribution in [2.45, 2.75) is 18.7 Å². The second kappa shape index (κ2) is 6.43. The molecule has 0 spiro atoms. The first-order chi connectivity index (χ1) is 9.15. The molecule has 0 saturated heterocycles. The van der Waals surface area contributed by atoms with Crippen LogP contribution in [0.3, 0.4) is 0 Å². The van der Waals surface area contributed by atoms with Gasteiger partial charge in [-0.1, -0.05) is 29.5 Å². The fourth-order valence-electron chi connectivity index (χ4n) is 1.59. The van der Waals surface area contributed by atoms with E-state index in [-0.39, 0.29) is 5.78 Å². The van der Waals surface area contributed by atoms with Crippen LogP contribution in [-0.4, -0.2) is 11.7 Å². The molecule has 0 N–H and O–H groups in total. The molecule has 0 fully saturated rings. The average molecular weight is 272 g/mol. The van der Waals surface area contributed by atoms with Crippen molar-refractivity contribution in [1.29, 1.82) is 0 Å². The van der Waals surface area contributed by atoms with Gasteiger partial charge in [-0.05, 0) is 50.2 Å². The van der Waals surface area contributed by atoms with E-state index in [1.54, 1.807) is 30.8 Å². The third kappa shape index (κ3) is 4.14. The normalized spacial score (nSPS) is 10.2. The fraction of sp³-hybridized carbons (Fsp3) is 0.188. The van der Waals surface area contributed by atoms with E-state index in [9.17, 15) is 4.79 Å². The van der Waals surface area contributed by atoms with Crippen molar-refractivity contribution in [2.24, 2.45) is 0 Å². The maximum absolute atomic E-state index is 11.1. The number of ether oxygens (including phenoxy) is 1. The SMILES string of the molecule is CC(=O)c1ccc(OCSc2ccc(C)cc2)cc1. The fourth-order valence-corrected chi connectivity index (χ4v) is 2.25. The van der Waals surface area contributed by atoms with E-state index in [2.05, 4.69) is 31.2 Å². The van der Waals surface area contributed by atoms with E-state index in [0.29, 0.717) is 11.5 Å². The Balaban J connectivity index is 1.85. The van der Waals surface area contributed by atoms with Crippen LogP contribution in [0.5, 0.6) is 5.75 Å². The Morgan fingerprint density at radius 3 is 2.26 bits per heavy atom. The highest BCUT2D eigenvalue weighted by Crippen LogP contribution is 2.20. The second-order valence-electron chi connectivity index (χ2n) is 4.30. The number of carbonyl (C=O) groups excluding carboxylic acids is 1. The van der Waals surface area contributed by atoms with Gasteiger partial charge in [0, 0.05) is 10.5 Å². The monoisotopic (exact) mass is 272 g/mol. The second-order valence-corrected chi connectivity index (χ2v) is 5.30.